The van der Waals surface area contributed by atoms with Crippen molar-refractivity contribution in [3.8, 4) is 0 Å². The fourth-order valence-corrected chi connectivity index (χ4v) is 2.21. The van der Waals surface area contributed by atoms with Crippen LogP contribution >= 0.6 is 0 Å². The highest BCUT2D eigenvalue weighted by Gasteiger charge is 2.26. The zero-order valence-electron chi connectivity index (χ0n) is 12.4. The van der Waals surface area contributed by atoms with Gasteiger partial charge >= 0.3 is 0 Å². The molecule has 0 unspecified atom stereocenters. The number of nitrogens with one attached hydrogen (secondary N) is 1. The Balaban J connectivity index is 2.37. The molecule has 1 aromatic heterocycles. The summed E-state index contributed by atoms with van der Waals surface area (Å²) in [6, 6.07) is 0. The van der Waals surface area contributed by atoms with Crippen molar-refractivity contribution in [3.63, 3.8) is 0 Å². The van der Waals surface area contributed by atoms with Crippen molar-refractivity contribution in [2.75, 3.05) is 23.4 Å². The summed E-state index contributed by atoms with van der Waals surface area (Å²) in [7, 11) is 0. The molecule has 1 aromatic rings. The van der Waals surface area contributed by atoms with Crippen molar-refractivity contribution >= 4 is 11.6 Å². The summed E-state index contributed by atoms with van der Waals surface area (Å²) >= 11 is 0. The van der Waals surface area contributed by atoms with Crippen LogP contribution in [0.4, 0.5) is 11.6 Å². The lowest BCUT2D eigenvalue weighted by atomic mass is 10.2. The lowest BCUT2D eigenvalue weighted by Gasteiger charge is -2.25. The van der Waals surface area contributed by atoms with E-state index >= 15 is 0 Å². The molecule has 0 atom stereocenters. The first kappa shape index (κ1) is 14.1. The minimum absolute atomic E-state index is 0.297. The van der Waals surface area contributed by atoms with Crippen LogP contribution in [-0.2, 0) is 0 Å². The summed E-state index contributed by atoms with van der Waals surface area (Å²) < 4.78 is 0. The fourth-order valence-electron chi connectivity index (χ4n) is 2.21. The van der Waals surface area contributed by atoms with E-state index in [-0.39, 0.29) is 0 Å². The Morgan fingerprint density at radius 3 is 2.53 bits per heavy atom. The maximum Gasteiger partial charge on any atom is 0.148 e. The van der Waals surface area contributed by atoms with Gasteiger partial charge in [0.1, 0.15) is 17.5 Å². The summed E-state index contributed by atoms with van der Waals surface area (Å²) in [5, 5.41) is 0. The van der Waals surface area contributed by atoms with Crippen LogP contribution < -0.4 is 16.2 Å². The summed E-state index contributed by atoms with van der Waals surface area (Å²) in [6.45, 7) is 10.5. The molecule has 0 spiro atoms. The van der Waals surface area contributed by atoms with Gasteiger partial charge in [0.2, 0.25) is 0 Å². The van der Waals surface area contributed by atoms with Gasteiger partial charge in [-0.15, -0.1) is 0 Å². The SMILES string of the molecule is CCN(CC1CC1)c1nc(C(C)C)nc(NN)c1C. The van der Waals surface area contributed by atoms with Gasteiger partial charge < -0.3 is 10.3 Å². The van der Waals surface area contributed by atoms with Gasteiger partial charge in [0.15, 0.2) is 0 Å². The first-order valence-electron chi connectivity index (χ1n) is 7.16. The molecule has 106 valence electrons. The second kappa shape index (κ2) is 5.74. The maximum absolute atomic E-state index is 5.58. The zero-order chi connectivity index (χ0) is 14.0. The normalized spacial score (nSPS) is 14.8. The Morgan fingerprint density at radius 1 is 1.37 bits per heavy atom. The van der Waals surface area contributed by atoms with E-state index in [0.717, 1.165) is 42.0 Å². The average molecular weight is 263 g/mol. The topological polar surface area (TPSA) is 67.1 Å². The zero-order valence-corrected chi connectivity index (χ0v) is 12.4. The van der Waals surface area contributed by atoms with Gasteiger partial charge in [-0.2, -0.15) is 0 Å². The molecule has 2 rings (SSSR count). The second-order valence-corrected chi connectivity index (χ2v) is 5.66. The number of nitrogens with zero attached hydrogens (tertiary/aromatic N) is 3. The van der Waals surface area contributed by atoms with Crippen molar-refractivity contribution in [1.82, 2.24) is 9.97 Å². The van der Waals surface area contributed by atoms with Crippen LogP contribution in [-0.4, -0.2) is 23.1 Å². The van der Waals surface area contributed by atoms with Crippen LogP contribution in [0.5, 0.6) is 0 Å². The van der Waals surface area contributed by atoms with Crippen LogP contribution in [0.25, 0.3) is 0 Å². The first-order valence-corrected chi connectivity index (χ1v) is 7.16. The van der Waals surface area contributed by atoms with Crippen molar-refractivity contribution in [3.05, 3.63) is 11.4 Å². The predicted octanol–water partition coefficient (Wildman–Crippen LogP) is 2.43. The molecule has 1 aliphatic rings. The Kier molecular flexibility index (Phi) is 4.24. The number of nitrogens with two attached hydrogens (primary N) is 1. The molecular weight excluding hydrogens is 238 g/mol. The molecule has 5 nitrogen and oxygen atoms in total. The van der Waals surface area contributed by atoms with Crippen LogP contribution in [0, 0.1) is 12.8 Å². The van der Waals surface area contributed by atoms with Crippen molar-refractivity contribution in [2.24, 2.45) is 11.8 Å². The Bertz CT molecular complexity index is 440. The van der Waals surface area contributed by atoms with Crippen molar-refractivity contribution < 1.29 is 0 Å². The minimum atomic E-state index is 0.297. The van der Waals surface area contributed by atoms with E-state index in [1.54, 1.807) is 0 Å². The molecule has 3 N–H and O–H groups in total. The second-order valence-electron chi connectivity index (χ2n) is 5.66. The monoisotopic (exact) mass is 263 g/mol. The average Bonchev–Trinajstić information content (AvgIpc) is 3.20. The van der Waals surface area contributed by atoms with Gasteiger partial charge in [-0.05, 0) is 32.6 Å². The van der Waals surface area contributed by atoms with E-state index in [1.165, 1.54) is 12.8 Å². The number of hydrazine groups is 1. The van der Waals surface area contributed by atoms with Gasteiger partial charge in [0, 0.05) is 24.6 Å². The Labute approximate surface area is 115 Å². The van der Waals surface area contributed by atoms with E-state index in [4.69, 9.17) is 10.8 Å². The molecule has 0 bridgehead atoms. The summed E-state index contributed by atoms with van der Waals surface area (Å²) in [6.07, 6.45) is 2.69. The third-order valence-corrected chi connectivity index (χ3v) is 3.65. The van der Waals surface area contributed by atoms with Crippen LogP contribution in [0.3, 0.4) is 0 Å². The number of anilines is 2. The smallest absolute Gasteiger partial charge is 0.148 e. The number of nitrogen functional groups attached to an aromatic ring is 1. The van der Waals surface area contributed by atoms with Gasteiger partial charge in [-0.1, -0.05) is 13.8 Å². The van der Waals surface area contributed by atoms with E-state index in [1.807, 2.05) is 6.92 Å². The van der Waals surface area contributed by atoms with E-state index in [2.05, 4.69) is 36.1 Å². The number of hydrogen-bond donors (Lipinski definition) is 2. The fraction of sp³-hybridized carbons (Fsp3) is 0.714. The van der Waals surface area contributed by atoms with E-state index in [9.17, 15) is 0 Å². The minimum Gasteiger partial charge on any atom is -0.356 e. The van der Waals surface area contributed by atoms with Gasteiger partial charge in [0.25, 0.3) is 0 Å². The van der Waals surface area contributed by atoms with Gasteiger partial charge in [-0.3, -0.25) is 0 Å². The highest BCUT2D eigenvalue weighted by Crippen LogP contribution is 2.33. The molecule has 0 amide bonds. The summed E-state index contributed by atoms with van der Waals surface area (Å²) in [5.41, 5.74) is 3.74. The number of aromatic nitrogens is 2. The number of hydrogen-bond acceptors (Lipinski definition) is 5. The molecule has 0 saturated heterocycles. The maximum atomic E-state index is 5.58. The van der Waals surface area contributed by atoms with Crippen LogP contribution in [0.2, 0.25) is 0 Å². The molecular formula is C14H25N5. The van der Waals surface area contributed by atoms with Crippen LogP contribution in [0.1, 0.15) is 50.9 Å². The third kappa shape index (κ3) is 3.15. The molecule has 0 aromatic carbocycles. The highest BCUT2D eigenvalue weighted by atomic mass is 15.3. The molecule has 19 heavy (non-hydrogen) atoms. The van der Waals surface area contributed by atoms with Crippen molar-refractivity contribution in [1.29, 1.82) is 0 Å². The first-order chi connectivity index (χ1) is 9.06. The quantitative estimate of drug-likeness (QED) is 0.609. The largest absolute Gasteiger partial charge is 0.356 e. The molecule has 1 heterocycles. The third-order valence-electron chi connectivity index (χ3n) is 3.65. The standard InChI is InChI=1S/C14H25N5/c1-5-19(8-11-6-7-11)14-10(4)13(18-15)16-12(17-14)9(2)3/h9,11H,5-8,15H2,1-4H3,(H,16,17,18). The summed E-state index contributed by atoms with van der Waals surface area (Å²) in [5.74, 6) is 9.34. The summed E-state index contributed by atoms with van der Waals surface area (Å²) in [4.78, 5) is 11.6. The lowest BCUT2D eigenvalue weighted by Crippen LogP contribution is -2.28. The predicted molar refractivity (Wildman–Crippen MR) is 79.3 cm³/mol. The van der Waals surface area contributed by atoms with Gasteiger partial charge in [-0.25, -0.2) is 15.8 Å². The molecule has 5 heteroatoms. The number of rotatable bonds is 6. The molecule has 0 radical (unpaired) electrons. The molecule has 1 fully saturated rings. The molecule has 1 saturated carbocycles. The van der Waals surface area contributed by atoms with Gasteiger partial charge in [0.05, 0.1) is 0 Å². The van der Waals surface area contributed by atoms with Crippen molar-refractivity contribution in [2.45, 2.75) is 46.5 Å². The van der Waals surface area contributed by atoms with Crippen LogP contribution in [0.15, 0.2) is 0 Å². The highest BCUT2D eigenvalue weighted by molar-refractivity contribution is 5.58. The Hall–Kier alpha value is -1.36. The Morgan fingerprint density at radius 2 is 2.05 bits per heavy atom. The lowest BCUT2D eigenvalue weighted by molar-refractivity contribution is 0.709. The molecule has 1 aliphatic carbocycles. The van der Waals surface area contributed by atoms with E-state index in [0.29, 0.717) is 5.92 Å². The molecule has 0 aliphatic heterocycles. The van der Waals surface area contributed by atoms with E-state index < -0.39 is 0 Å².